The highest BCUT2D eigenvalue weighted by Crippen LogP contribution is 2.30. The van der Waals surface area contributed by atoms with Crippen molar-refractivity contribution in [1.29, 1.82) is 0 Å². The van der Waals surface area contributed by atoms with Gasteiger partial charge in [-0.1, -0.05) is 35.5 Å². The van der Waals surface area contributed by atoms with Gasteiger partial charge in [0.2, 0.25) is 5.91 Å². The van der Waals surface area contributed by atoms with E-state index >= 15 is 0 Å². The number of carbonyl (C=O) groups excluding carboxylic acids is 1. The van der Waals surface area contributed by atoms with Crippen LogP contribution in [0, 0.1) is 11.8 Å². The second-order valence-corrected chi connectivity index (χ2v) is 11.3. The fourth-order valence-electron chi connectivity index (χ4n) is 6.45. The number of benzene rings is 2. The maximum atomic E-state index is 13.4. The van der Waals surface area contributed by atoms with Gasteiger partial charge < -0.3 is 24.6 Å². The summed E-state index contributed by atoms with van der Waals surface area (Å²) in [6, 6.07) is 20.2. The van der Waals surface area contributed by atoms with Crippen LogP contribution >= 0.6 is 0 Å². The van der Waals surface area contributed by atoms with Crippen molar-refractivity contribution in [3.63, 3.8) is 0 Å². The van der Waals surface area contributed by atoms with E-state index in [0.717, 1.165) is 66.9 Å². The fraction of sp³-hybridized carbons (Fsp3) is 0.452. The van der Waals surface area contributed by atoms with Crippen LogP contribution in [0.2, 0.25) is 0 Å². The third-order valence-electron chi connectivity index (χ3n) is 8.68. The van der Waals surface area contributed by atoms with E-state index < -0.39 is 0 Å². The molecule has 0 spiro atoms. The summed E-state index contributed by atoms with van der Waals surface area (Å²) in [5.41, 5.74) is 3.83. The van der Waals surface area contributed by atoms with Crippen LogP contribution in [0.5, 0.6) is 0 Å². The van der Waals surface area contributed by atoms with Gasteiger partial charge in [-0.05, 0) is 74.9 Å². The number of imidazole rings is 1. The van der Waals surface area contributed by atoms with Crippen LogP contribution in [0.15, 0.2) is 70.0 Å². The second kappa shape index (κ2) is 11.7. The molecule has 4 heterocycles. The molecule has 2 N–H and O–H groups in total. The number of hydrogen-bond donors (Lipinski definition) is 2. The molecule has 0 aliphatic carbocycles. The molecule has 0 saturated carbocycles. The predicted molar refractivity (Wildman–Crippen MR) is 155 cm³/mol. The summed E-state index contributed by atoms with van der Waals surface area (Å²) in [5, 5.41) is 7.88. The number of carbonyl (C=O) groups is 1. The number of piperidine rings is 2. The van der Waals surface area contributed by atoms with Crippen molar-refractivity contribution in [1.82, 2.24) is 24.9 Å². The molecule has 6 rings (SSSR count). The van der Waals surface area contributed by atoms with Crippen molar-refractivity contribution in [3.05, 3.63) is 82.6 Å². The van der Waals surface area contributed by atoms with Crippen LogP contribution in [0.4, 0.5) is 5.69 Å². The zero-order valence-corrected chi connectivity index (χ0v) is 23.1. The zero-order valence-electron chi connectivity index (χ0n) is 23.1. The van der Waals surface area contributed by atoms with Crippen molar-refractivity contribution in [2.24, 2.45) is 11.8 Å². The Kier molecular flexibility index (Phi) is 7.73. The first-order valence-electron chi connectivity index (χ1n) is 14.4. The maximum Gasteiger partial charge on any atom is 0.326 e. The van der Waals surface area contributed by atoms with Crippen LogP contribution in [0.25, 0.3) is 11.0 Å². The molecule has 2 saturated heterocycles. The molecule has 210 valence electrons. The summed E-state index contributed by atoms with van der Waals surface area (Å²) in [6.07, 6.45) is 3.93. The van der Waals surface area contributed by atoms with E-state index in [4.69, 9.17) is 4.52 Å². The predicted octanol–water partition coefficient (Wildman–Crippen LogP) is 3.98. The van der Waals surface area contributed by atoms with Gasteiger partial charge in [0.05, 0.1) is 23.3 Å². The number of likely N-dealkylation sites (tertiary alicyclic amines) is 1. The second-order valence-electron chi connectivity index (χ2n) is 11.3. The Hall–Kier alpha value is -3.85. The molecule has 0 unspecified atom stereocenters. The van der Waals surface area contributed by atoms with E-state index in [9.17, 15) is 9.59 Å². The van der Waals surface area contributed by atoms with Gasteiger partial charge in [0, 0.05) is 44.4 Å². The number of aromatic amines is 1. The number of H-pyrrole nitrogens is 1. The Morgan fingerprint density at radius 2 is 1.82 bits per heavy atom. The average molecular weight is 543 g/mol. The highest BCUT2D eigenvalue weighted by atomic mass is 16.5. The lowest BCUT2D eigenvalue weighted by atomic mass is 9.81. The molecule has 9 nitrogen and oxygen atoms in total. The summed E-state index contributed by atoms with van der Waals surface area (Å²) in [6.45, 7) is 3.85. The number of fused-ring (bicyclic) bond motifs is 1. The third-order valence-corrected chi connectivity index (χ3v) is 8.68. The molecule has 2 aromatic heterocycles. The lowest BCUT2D eigenvalue weighted by Gasteiger charge is -2.36. The summed E-state index contributed by atoms with van der Waals surface area (Å²) in [5.74, 6) is 1.72. The molecule has 2 fully saturated rings. The Balaban J connectivity index is 1.04. The summed E-state index contributed by atoms with van der Waals surface area (Å²) in [7, 11) is 2.05. The van der Waals surface area contributed by atoms with Gasteiger partial charge in [-0.15, -0.1) is 0 Å². The van der Waals surface area contributed by atoms with Crippen LogP contribution in [-0.4, -0.2) is 58.7 Å². The summed E-state index contributed by atoms with van der Waals surface area (Å²) < 4.78 is 7.55. The first-order valence-corrected chi connectivity index (χ1v) is 14.4. The van der Waals surface area contributed by atoms with Gasteiger partial charge in [-0.3, -0.25) is 9.36 Å². The van der Waals surface area contributed by atoms with Gasteiger partial charge in [-0.25, -0.2) is 4.79 Å². The van der Waals surface area contributed by atoms with Crippen molar-refractivity contribution in [2.75, 3.05) is 38.1 Å². The highest BCUT2D eigenvalue weighted by molar-refractivity contribution is 5.77. The highest BCUT2D eigenvalue weighted by Gasteiger charge is 2.32. The Bertz CT molecular complexity index is 1480. The first kappa shape index (κ1) is 26.4. The largest absolute Gasteiger partial charge is 0.367 e. The number of para-hydroxylation sites is 3. The minimum absolute atomic E-state index is 0.0637. The van der Waals surface area contributed by atoms with E-state index in [1.54, 1.807) is 0 Å². The number of anilines is 1. The first-order chi connectivity index (χ1) is 19.5. The summed E-state index contributed by atoms with van der Waals surface area (Å²) in [4.78, 5) is 33.1. The van der Waals surface area contributed by atoms with Crippen LogP contribution in [-0.2, 0) is 17.8 Å². The van der Waals surface area contributed by atoms with E-state index in [1.807, 2.05) is 59.0 Å². The monoisotopic (exact) mass is 542 g/mol. The molecule has 2 aliphatic heterocycles. The number of nitrogens with one attached hydrogen (secondary N) is 2. The van der Waals surface area contributed by atoms with E-state index in [1.165, 1.54) is 0 Å². The number of amides is 1. The van der Waals surface area contributed by atoms with Gasteiger partial charge in [0.1, 0.15) is 0 Å². The normalized spacial score (nSPS) is 20.2. The van der Waals surface area contributed by atoms with E-state index in [2.05, 4.69) is 38.6 Å². The minimum atomic E-state index is -0.0637. The molecule has 2 aromatic carbocycles. The van der Waals surface area contributed by atoms with Crippen molar-refractivity contribution >= 4 is 22.6 Å². The van der Waals surface area contributed by atoms with E-state index in [0.29, 0.717) is 37.9 Å². The zero-order chi connectivity index (χ0) is 27.5. The quantitative estimate of drug-likeness (QED) is 0.350. The van der Waals surface area contributed by atoms with Crippen molar-refractivity contribution in [3.8, 4) is 0 Å². The fourth-order valence-corrected chi connectivity index (χ4v) is 6.45. The van der Waals surface area contributed by atoms with Gasteiger partial charge in [0.25, 0.3) is 0 Å². The molecular weight excluding hydrogens is 504 g/mol. The summed E-state index contributed by atoms with van der Waals surface area (Å²) >= 11 is 0. The number of nitrogens with zero attached hydrogens (tertiary/aromatic N) is 4. The third kappa shape index (κ3) is 5.70. The van der Waals surface area contributed by atoms with Gasteiger partial charge >= 0.3 is 5.69 Å². The minimum Gasteiger partial charge on any atom is -0.367 e. The Labute approximate surface area is 234 Å². The molecule has 4 aromatic rings. The molecule has 0 radical (unpaired) electrons. The molecule has 2 aliphatic rings. The molecular formula is C31H38N6O3. The van der Waals surface area contributed by atoms with Crippen molar-refractivity contribution in [2.45, 2.75) is 44.7 Å². The number of rotatable bonds is 8. The average Bonchev–Trinajstić information content (AvgIpc) is 3.57. The molecule has 2 atom stereocenters. The standard InChI is InChI=1S/C31H38N6O3/c1-35(25-7-3-2-4-8-25)21-27-19-24(34-40-27)17-23-20-32-14-11-22(23)18-30(38)36-15-12-26(13-16-36)37-29-10-6-5-9-28(29)33-31(37)39/h2-10,19,22-23,26,32H,11-18,20-21H2,1H3,(H,33,39)/t22-,23-/m0/s1. The van der Waals surface area contributed by atoms with Gasteiger partial charge in [-0.2, -0.15) is 0 Å². The van der Waals surface area contributed by atoms with Crippen LogP contribution in [0.3, 0.4) is 0 Å². The number of aromatic nitrogens is 3. The molecule has 9 heteroatoms. The SMILES string of the molecule is CN(Cc1cc(C[C@H]2CNCC[C@H]2CC(=O)N2CCC(n3c(=O)[nH]c4ccccc43)CC2)no1)c1ccccc1. The molecule has 1 amide bonds. The van der Waals surface area contributed by atoms with Crippen LogP contribution in [0.1, 0.15) is 43.2 Å². The smallest absolute Gasteiger partial charge is 0.326 e. The number of hydrogen-bond acceptors (Lipinski definition) is 6. The molecule has 40 heavy (non-hydrogen) atoms. The Morgan fingerprint density at radius 1 is 1.05 bits per heavy atom. The lowest BCUT2D eigenvalue weighted by molar-refractivity contribution is -0.134. The maximum absolute atomic E-state index is 13.4. The molecule has 0 bridgehead atoms. The Morgan fingerprint density at radius 3 is 2.65 bits per heavy atom. The van der Waals surface area contributed by atoms with Crippen molar-refractivity contribution < 1.29 is 9.32 Å². The van der Waals surface area contributed by atoms with Gasteiger partial charge in [0.15, 0.2) is 5.76 Å². The van der Waals surface area contributed by atoms with Crippen LogP contribution < -0.4 is 15.9 Å². The van der Waals surface area contributed by atoms with E-state index in [-0.39, 0.29) is 17.6 Å². The lowest BCUT2D eigenvalue weighted by Crippen LogP contribution is -2.44. The topological polar surface area (TPSA) is 99.4 Å².